The van der Waals surface area contributed by atoms with Crippen molar-refractivity contribution in [3.8, 4) is 0 Å². The van der Waals surface area contributed by atoms with Gasteiger partial charge in [-0.1, -0.05) is 17.7 Å². The number of anilines is 1. The summed E-state index contributed by atoms with van der Waals surface area (Å²) >= 11 is 0. The molecule has 0 fully saturated rings. The smallest absolute Gasteiger partial charge is 0.261 e. The van der Waals surface area contributed by atoms with Crippen LogP contribution in [0.5, 0.6) is 0 Å². The van der Waals surface area contributed by atoms with E-state index in [9.17, 15) is 21.2 Å². The van der Waals surface area contributed by atoms with Crippen LogP contribution in [0, 0.1) is 12.7 Å². The second kappa shape index (κ2) is 5.69. The maximum atomic E-state index is 13.7. The molecule has 0 radical (unpaired) electrons. The van der Waals surface area contributed by atoms with Gasteiger partial charge in [0.2, 0.25) is 0 Å². The van der Waals surface area contributed by atoms with Crippen LogP contribution in [-0.2, 0) is 19.9 Å². The molecule has 118 valence electrons. The van der Waals surface area contributed by atoms with Gasteiger partial charge in [0.1, 0.15) is 5.82 Å². The van der Waals surface area contributed by atoms with Crippen molar-refractivity contribution >= 4 is 25.5 Å². The molecule has 22 heavy (non-hydrogen) atoms. The Morgan fingerprint density at radius 2 is 1.45 bits per heavy atom. The topological polar surface area (TPSA) is 80.3 Å². The first kappa shape index (κ1) is 16.4. The third-order valence-electron chi connectivity index (χ3n) is 2.94. The number of halogens is 1. The lowest BCUT2D eigenvalue weighted by Gasteiger charge is -2.10. The van der Waals surface area contributed by atoms with Crippen LogP contribution < -0.4 is 4.72 Å². The minimum atomic E-state index is -4.00. The van der Waals surface area contributed by atoms with Crippen molar-refractivity contribution < 1.29 is 21.2 Å². The van der Waals surface area contributed by atoms with Gasteiger partial charge in [0.15, 0.2) is 9.84 Å². The Kier molecular flexibility index (Phi) is 4.25. The molecule has 0 heterocycles. The highest BCUT2D eigenvalue weighted by Crippen LogP contribution is 2.23. The van der Waals surface area contributed by atoms with Crippen LogP contribution in [0.2, 0.25) is 0 Å². The van der Waals surface area contributed by atoms with Gasteiger partial charge in [0, 0.05) is 6.26 Å². The van der Waals surface area contributed by atoms with Gasteiger partial charge >= 0.3 is 0 Å². The molecule has 8 heteroatoms. The van der Waals surface area contributed by atoms with Crippen molar-refractivity contribution in [2.75, 3.05) is 11.0 Å². The maximum absolute atomic E-state index is 13.7. The summed E-state index contributed by atoms with van der Waals surface area (Å²) in [5.41, 5.74) is 0.465. The Labute approximate surface area is 128 Å². The highest BCUT2D eigenvalue weighted by Gasteiger charge is 2.18. The Hall–Kier alpha value is -1.93. The van der Waals surface area contributed by atoms with E-state index in [1.165, 1.54) is 12.1 Å². The molecular formula is C14H14FNO4S2. The molecule has 1 N–H and O–H groups in total. The first-order valence-electron chi connectivity index (χ1n) is 6.19. The molecule has 2 rings (SSSR count). The Bertz CT molecular complexity index is 904. The third-order valence-corrected chi connectivity index (χ3v) is 5.43. The van der Waals surface area contributed by atoms with E-state index >= 15 is 0 Å². The molecule has 0 aliphatic rings. The predicted octanol–water partition coefficient (Wildman–Crippen LogP) is 2.34. The summed E-state index contributed by atoms with van der Waals surface area (Å²) in [5.74, 6) is -0.858. The number of hydrogen-bond acceptors (Lipinski definition) is 4. The number of benzene rings is 2. The maximum Gasteiger partial charge on any atom is 0.261 e. The van der Waals surface area contributed by atoms with E-state index in [4.69, 9.17) is 0 Å². The number of sulfonamides is 1. The Balaban J connectivity index is 2.43. The molecular weight excluding hydrogens is 329 g/mol. The van der Waals surface area contributed by atoms with Gasteiger partial charge in [-0.25, -0.2) is 21.2 Å². The van der Waals surface area contributed by atoms with E-state index in [0.717, 1.165) is 30.0 Å². The molecule has 0 spiro atoms. The second-order valence-electron chi connectivity index (χ2n) is 4.83. The van der Waals surface area contributed by atoms with Gasteiger partial charge in [-0.15, -0.1) is 0 Å². The van der Waals surface area contributed by atoms with Crippen molar-refractivity contribution in [2.24, 2.45) is 0 Å². The van der Waals surface area contributed by atoms with Crippen LogP contribution in [0.3, 0.4) is 0 Å². The van der Waals surface area contributed by atoms with Crippen LogP contribution in [-0.4, -0.2) is 23.1 Å². The van der Waals surface area contributed by atoms with Crippen LogP contribution >= 0.6 is 0 Å². The van der Waals surface area contributed by atoms with E-state index < -0.39 is 31.4 Å². The van der Waals surface area contributed by atoms with E-state index in [2.05, 4.69) is 4.72 Å². The first-order chi connectivity index (χ1) is 10.1. The zero-order valence-corrected chi connectivity index (χ0v) is 13.5. The lowest BCUT2D eigenvalue weighted by atomic mass is 10.2. The molecule has 0 aliphatic heterocycles. The molecule has 5 nitrogen and oxygen atoms in total. The average molecular weight is 343 g/mol. The summed E-state index contributed by atoms with van der Waals surface area (Å²) in [6, 6.07) is 8.93. The molecule has 2 aromatic rings. The van der Waals surface area contributed by atoms with Crippen molar-refractivity contribution in [3.63, 3.8) is 0 Å². The number of sulfone groups is 1. The predicted molar refractivity (Wildman–Crippen MR) is 81.5 cm³/mol. The number of hydrogen-bond donors (Lipinski definition) is 1. The van der Waals surface area contributed by atoms with Gasteiger partial charge < -0.3 is 0 Å². The van der Waals surface area contributed by atoms with Gasteiger partial charge in [0.05, 0.1) is 15.5 Å². The second-order valence-corrected chi connectivity index (χ2v) is 8.53. The summed E-state index contributed by atoms with van der Waals surface area (Å²) in [6.07, 6.45) is 0.957. The molecule has 2 aromatic carbocycles. The van der Waals surface area contributed by atoms with Crippen LogP contribution in [0.4, 0.5) is 10.1 Å². The van der Waals surface area contributed by atoms with E-state index in [-0.39, 0.29) is 9.79 Å². The molecule has 0 amide bonds. The largest absolute Gasteiger partial charge is 0.277 e. The van der Waals surface area contributed by atoms with Crippen molar-refractivity contribution in [1.82, 2.24) is 0 Å². The standard InChI is InChI=1S/C14H14FNO4S2/c1-10-3-5-11(6-4-10)22(19,20)16-14-9-12(21(2,17)18)7-8-13(14)15/h3-9,16H,1-2H3. The first-order valence-corrected chi connectivity index (χ1v) is 9.56. The van der Waals surface area contributed by atoms with Crippen LogP contribution in [0.15, 0.2) is 52.3 Å². The summed E-state index contributed by atoms with van der Waals surface area (Å²) < 4.78 is 63.2. The number of nitrogens with one attached hydrogen (secondary N) is 1. The third kappa shape index (κ3) is 3.63. The zero-order chi connectivity index (χ0) is 16.5. The van der Waals surface area contributed by atoms with Crippen molar-refractivity contribution in [2.45, 2.75) is 16.7 Å². The lowest BCUT2D eigenvalue weighted by Crippen LogP contribution is -2.14. The van der Waals surface area contributed by atoms with Crippen LogP contribution in [0.25, 0.3) is 0 Å². The normalized spacial score (nSPS) is 12.1. The lowest BCUT2D eigenvalue weighted by molar-refractivity contribution is 0.595. The summed E-state index contributed by atoms with van der Waals surface area (Å²) in [6.45, 7) is 1.80. The highest BCUT2D eigenvalue weighted by atomic mass is 32.2. The SMILES string of the molecule is Cc1ccc(S(=O)(=O)Nc2cc(S(C)(=O)=O)ccc2F)cc1. The van der Waals surface area contributed by atoms with Gasteiger partial charge in [-0.3, -0.25) is 4.72 Å². The zero-order valence-electron chi connectivity index (χ0n) is 11.9. The quantitative estimate of drug-likeness (QED) is 0.864. The fraction of sp³-hybridized carbons (Fsp3) is 0.143. The summed E-state index contributed by atoms with van der Waals surface area (Å²) in [5, 5.41) is 0. The minimum absolute atomic E-state index is 0.0396. The number of rotatable bonds is 4. The summed E-state index contributed by atoms with van der Waals surface area (Å²) in [4.78, 5) is -0.210. The molecule has 0 bridgehead atoms. The van der Waals surface area contributed by atoms with Crippen molar-refractivity contribution in [1.29, 1.82) is 0 Å². The molecule has 0 aromatic heterocycles. The molecule has 0 saturated carbocycles. The molecule has 0 unspecified atom stereocenters. The Morgan fingerprint density at radius 1 is 0.909 bits per heavy atom. The molecule has 0 saturated heterocycles. The highest BCUT2D eigenvalue weighted by molar-refractivity contribution is 7.92. The van der Waals surface area contributed by atoms with Gasteiger partial charge in [-0.2, -0.15) is 0 Å². The van der Waals surface area contributed by atoms with Gasteiger partial charge in [0.25, 0.3) is 10.0 Å². The minimum Gasteiger partial charge on any atom is -0.277 e. The van der Waals surface area contributed by atoms with E-state index in [0.29, 0.717) is 0 Å². The number of aryl methyl sites for hydroxylation is 1. The fourth-order valence-electron chi connectivity index (χ4n) is 1.73. The fourth-order valence-corrected chi connectivity index (χ4v) is 3.44. The van der Waals surface area contributed by atoms with Crippen molar-refractivity contribution in [3.05, 3.63) is 53.8 Å². The van der Waals surface area contributed by atoms with Gasteiger partial charge in [-0.05, 0) is 37.3 Å². The molecule has 0 aliphatic carbocycles. The van der Waals surface area contributed by atoms with Crippen LogP contribution in [0.1, 0.15) is 5.56 Å². The van der Waals surface area contributed by atoms with E-state index in [1.54, 1.807) is 19.1 Å². The molecule has 0 atom stereocenters. The Morgan fingerprint density at radius 3 is 2.00 bits per heavy atom. The average Bonchev–Trinajstić information content (AvgIpc) is 2.40. The summed E-state index contributed by atoms with van der Waals surface area (Å²) in [7, 11) is -7.57. The van der Waals surface area contributed by atoms with E-state index in [1.807, 2.05) is 0 Å². The monoisotopic (exact) mass is 343 g/mol.